The average molecular weight is 217 g/mol. The smallest absolute Gasteiger partial charge is 0.0591 e. The second-order valence-corrected chi connectivity index (χ2v) is 9.56. The molecule has 0 aromatic rings. The quantitative estimate of drug-likeness (QED) is 0.375. The zero-order valence-corrected chi connectivity index (χ0v) is 11.7. The van der Waals surface area contributed by atoms with Gasteiger partial charge in [0, 0.05) is 13.9 Å². The molecule has 0 aromatic carbocycles. The van der Waals surface area contributed by atoms with Crippen LogP contribution in [0.4, 0.5) is 0 Å². The molecule has 1 unspecified atom stereocenters. The zero-order chi connectivity index (χ0) is 10.9. The summed E-state index contributed by atoms with van der Waals surface area (Å²) in [6, 6.07) is 0. The number of hydrogen-bond donors (Lipinski definition) is 0. The van der Waals surface area contributed by atoms with E-state index < -0.39 is 7.26 Å². The van der Waals surface area contributed by atoms with E-state index in [0.29, 0.717) is 0 Å². The molecule has 0 aromatic heterocycles. The van der Waals surface area contributed by atoms with Crippen molar-refractivity contribution in [2.24, 2.45) is 0 Å². The van der Waals surface area contributed by atoms with Crippen LogP contribution >= 0.6 is 7.26 Å². The highest BCUT2D eigenvalue weighted by molar-refractivity contribution is 7.75. The first-order chi connectivity index (χ1) is 6.68. The minimum Gasteiger partial charge on any atom is -0.0654 e. The maximum absolute atomic E-state index is 2.59. The van der Waals surface area contributed by atoms with Crippen LogP contribution in [0.1, 0.15) is 59.3 Å². The third kappa shape index (κ3) is 6.82. The lowest BCUT2D eigenvalue weighted by Crippen LogP contribution is -2.05. The molecule has 0 spiro atoms. The van der Waals surface area contributed by atoms with Gasteiger partial charge in [0.25, 0.3) is 0 Å². The van der Waals surface area contributed by atoms with E-state index in [0.717, 1.165) is 0 Å². The summed E-state index contributed by atoms with van der Waals surface area (Å²) in [5.41, 5.74) is 0. The fourth-order valence-electron chi connectivity index (χ4n) is 1.89. The van der Waals surface area contributed by atoms with Gasteiger partial charge in [0.2, 0.25) is 0 Å². The van der Waals surface area contributed by atoms with E-state index in [2.05, 4.69) is 27.4 Å². The third-order valence-electron chi connectivity index (χ3n) is 3.37. The van der Waals surface area contributed by atoms with Crippen LogP contribution in [0.3, 0.4) is 0 Å². The van der Waals surface area contributed by atoms with E-state index in [1.807, 2.05) is 0 Å². The van der Waals surface area contributed by atoms with Crippen molar-refractivity contribution < 1.29 is 0 Å². The van der Waals surface area contributed by atoms with Crippen molar-refractivity contribution in [3.05, 3.63) is 0 Å². The van der Waals surface area contributed by atoms with E-state index in [1.165, 1.54) is 44.7 Å². The standard InChI is InChI=1S/C13H30P/c1-5-8-10-11-13-14(4,7-3)12-9-6-2/h5-13H2,1-4H3/q+1. The molecule has 0 aliphatic rings. The zero-order valence-electron chi connectivity index (χ0n) is 10.8. The minimum absolute atomic E-state index is 0.507. The summed E-state index contributed by atoms with van der Waals surface area (Å²) in [7, 11) is -0.507. The molecule has 1 heteroatoms. The van der Waals surface area contributed by atoms with Crippen LogP contribution < -0.4 is 0 Å². The molecule has 0 N–H and O–H groups in total. The van der Waals surface area contributed by atoms with Crippen LogP contribution in [0, 0.1) is 0 Å². The molecule has 0 bridgehead atoms. The Bertz CT molecular complexity index is 122. The van der Waals surface area contributed by atoms with Crippen molar-refractivity contribution in [3.63, 3.8) is 0 Å². The van der Waals surface area contributed by atoms with E-state index in [1.54, 1.807) is 12.3 Å². The predicted octanol–water partition coefficient (Wildman–Crippen LogP) is 5.03. The first kappa shape index (κ1) is 14.4. The second kappa shape index (κ2) is 8.72. The maximum Gasteiger partial charge on any atom is 0.0591 e. The summed E-state index contributed by atoms with van der Waals surface area (Å²) >= 11 is 0. The maximum atomic E-state index is 2.59. The van der Waals surface area contributed by atoms with Crippen LogP contribution in [-0.4, -0.2) is 25.2 Å². The Morgan fingerprint density at radius 3 is 1.79 bits per heavy atom. The molecule has 0 saturated heterocycles. The van der Waals surface area contributed by atoms with Gasteiger partial charge in [0.05, 0.1) is 18.5 Å². The Morgan fingerprint density at radius 2 is 1.29 bits per heavy atom. The van der Waals surface area contributed by atoms with Gasteiger partial charge in [-0.15, -0.1) is 0 Å². The lowest BCUT2D eigenvalue weighted by atomic mass is 10.2. The molecular formula is C13H30P+. The summed E-state index contributed by atoms with van der Waals surface area (Å²) in [4.78, 5) is 0. The predicted molar refractivity (Wildman–Crippen MR) is 72.2 cm³/mol. The van der Waals surface area contributed by atoms with Crippen molar-refractivity contribution in [1.82, 2.24) is 0 Å². The highest BCUT2D eigenvalue weighted by Gasteiger charge is 2.27. The molecule has 0 aliphatic carbocycles. The monoisotopic (exact) mass is 217 g/mol. The summed E-state index contributed by atoms with van der Waals surface area (Å²) in [6.45, 7) is 9.61. The number of rotatable bonds is 9. The van der Waals surface area contributed by atoms with Gasteiger partial charge in [0.1, 0.15) is 0 Å². The van der Waals surface area contributed by atoms with Crippen LogP contribution in [0.15, 0.2) is 0 Å². The van der Waals surface area contributed by atoms with Crippen LogP contribution in [0.5, 0.6) is 0 Å². The summed E-state index contributed by atoms with van der Waals surface area (Å²) in [6.07, 6.45) is 13.2. The topological polar surface area (TPSA) is 0 Å². The summed E-state index contributed by atoms with van der Waals surface area (Å²) in [5, 5.41) is 0. The van der Waals surface area contributed by atoms with Crippen molar-refractivity contribution in [2.45, 2.75) is 59.3 Å². The van der Waals surface area contributed by atoms with E-state index in [4.69, 9.17) is 0 Å². The highest BCUT2D eigenvalue weighted by Crippen LogP contribution is 2.56. The molecule has 0 amide bonds. The SMILES string of the molecule is CCCCCC[P+](C)(CC)CCCC. The van der Waals surface area contributed by atoms with Crippen molar-refractivity contribution >= 4 is 7.26 Å². The molecular weight excluding hydrogens is 187 g/mol. The lowest BCUT2D eigenvalue weighted by Gasteiger charge is -2.21. The number of hydrogen-bond acceptors (Lipinski definition) is 0. The van der Waals surface area contributed by atoms with E-state index in [9.17, 15) is 0 Å². The fraction of sp³-hybridized carbons (Fsp3) is 1.00. The van der Waals surface area contributed by atoms with Gasteiger partial charge in [-0.2, -0.15) is 0 Å². The molecule has 0 radical (unpaired) electrons. The first-order valence-electron chi connectivity index (χ1n) is 6.52. The van der Waals surface area contributed by atoms with Gasteiger partial charge in [0.15, 0.2) is 0 Å². The fourth-order valence-corrected chi connectivity index (χ4v) is 4.81. The summed E-state index contributed by atoms with van der Waals surface area (Å²) < 4.78 is 0. The normalized spacial score (nSPS) is 15.4. The molecule has 0 rings (SSSR count). The minimum atomic E-state index is -0.507. The van der Waals surface area contributed by atoms with Crippen molar-refractivity contribution in [1.29, 1.82) is 0 Å². The van der Waals surface area contributed by atoms with Crippen LogP contribution in [-0.2, 0) is 0 Å². The van der Waals surface area contributed by atoms with Gasteiger partial charge >= 0.3 is 0 Å². The molecule has 0 heterocycles. The van der Waals surface area contributed by atoms with Crippen molar-refractivity contribution in [3.8, 4) is 0 Å². The first-order valence-corrected chi connectivity index (χ1v) is 9.31. The molecule has 0 saturated carbocycles. The van der Waals surface area contributed by atoms with Gasteiger partial charge < -0.3 is 0 Å². The second-order valence-electron chi connectivity index (χ2n) is 4.80. The van der Waals surface area contributed by atoms with Gasteiger partial charge in [-0.25, -0.2) is 0 Å². The van der Waals surface area contributed by atoms with E-state index in [-0.39, 0.29) is 0 Å². The van der Waals surface area contributed by atoms with E-state index >= 15 is 0 Å². The molecule has 86 valence electrons. The number of unbranched alkanes of at least 4 members (excludes halogenated alkanes) is 4. The lowest BCUT2D eigenvalue weighted by molar-refractivity contribution is 0.702. The molecule has 14 heavy (non-hydrogen) atoms. The molecule has 1 atom stereocenters. The average Bonchev–Trinajstić information content (AvgIpc) is 2.22. The van der Waals surface area contributed by atoms with Gasteiger partial charge in [-0.05, 0) is 26.2 Å². The molecule has 0 nitrogen and oxygen atoms in total. The largest absolute Gasteiger partial charge is 0.0654 e. The van der Waals surface area contributed by atoms with Gasteiger partial charge in [-0.1, -0.05) is 33.1 Å². The Labute approximate surface area is 92.2 Å². The third-order valence-corrected chi connectivity index (χ3v) is 7.69. The highest BCUT2D eigenvalue weighted by atomic mass is 31.2. The van der Waals surface area contributed by atoms with Crippen molar-refractivity contribution in [2.75, 3.05) is 25.2 Å². The van der Waals surface area contributed by atoms with Gasteiger partial charge in [-0.3, -0.25) is 0 Å². The Kier molecular flexibility index (Phi) is 8.98. The Hall–Kier alpha value is 0.430. The Balaban J connectivity index is 3.63. The van der Waals surface area contributed by atoms with Crippen LogP contribution in [0.25, 0.3) is 0 Å². The molecule has 0 aliphatic heterocycles. The van der Waals surface area contributed by atoms with Crippen LogP contribution in [0.2, 0.25) is 0 Å². The summed E-state index contributed by atoms with van der Waals surface area (Å²) in [5.74, 6) is 0. The Morgan fingerprint density at radius 1 is 0.714 bits per heavy atom. The molecule has 0 fully saturated rings.